The van der Waals surface area contributed by atoms with Crippen molar-refractivity contribution in [2.75, 3.05) is 39.3 Å². The van der Waals surface area contributed by atoms with E-state index >= 15 is 0 Å². The van der Waals surface area contributed by atoms with Crippen LogP contribution in [0.4, 0.5) is 9.59 Å². The third kappa shape index (κ3) is 21.9. The second kappa shape index (κ2) is 35.2. The lowest BCUT2D eigenvalue weighted by atomic mass is 10.0. The number of benzene rings is 4. The van der Waals surface area contributed by atoms with Gasteiger partial charge in [0.05, 0.1) is 47.4 Å². The summed E-state index contributed by atoms with van der Waals surface area (Å²) in [6, 6.07) is 19.1. The summed E-state index contributed by atoms with van der Waals surface area (Å²) >= 11 is 26.6. The van der Waals surface area contributed by atoms with Gasteiger partial charge in [0, 0.05) is 82.6 Å². The van der Waals surface area contributed by atoms with Gasteiger partial charge in [0.1, 0.15) is 58.5 Å². The van der Waals surface area contributed by atoms with E-state index < -0.39 is 103 Å². The highest BCUT2D eigenvalue weighted by Crippen LogP contribution is 2.46. The van der Waals surface area contributed by atoms with Crippen LogP contribution in [0.2, 0.25) is 20.1 Å². The summed E-state index contributed by atoms with van der Waals surface area (Å²) in [6.45, 7) is 21.3. The van der Waals surface area contributed by atoms with Gasteiger partial charge < -0.3 is 59.2 Å². The van der Waals surface area contributed by atoms with Crippen LogP contribution in [-0.4, -0.2) is 191 Å². The van der Waals surface area contributed by atoms with Crippen molar-refractivity contribution in [2.45, 2.75) is 253 Å². The van der Waals surface area contributed by atoms with Gasteiger partial charge >= 0.3 is 12.2 Å². The molecule has 6 N–H and O–H groups in total. The number of likely N-dealkylation sites (tertiary alicyclic amines) is 2. The molecule has 0 saturated carbocycles. The first-order valence-electron chi connectivity index (χ1n) is 37.9. The monoisotopic (exact) mass is 1670 g/mol. The average Bonchev–Trinajstić information content (AvgIpc) is 1.62. The quantitative estimate of drug-likeness (QED) is 0.0238. The van der Waals surface area contributed by atoms with E-state index in [4.69, 9.17) is 84.3 Å². The minimum Gasteiger partial charge on any atom is -0.484 e. The average molecular weight is 1670 g/mol. The van der Waals surface area contributed by atoms with Gasteiger partial charge in [0.2, 0.25) is 20.0 Å². The molecule has 610 valence electrons. The molecule has 10 atom stereocenters. The van der Waals surface area contributed by atoms with E-state index in [0.29, 0.717) is 108 Å². The van der Waals surface area contributed by atoms with Crippen molar-refractivity contribution in [1.29, 1.82) is 0 Å². The Kier molecular flexibility index (Phi) is 26.5. The normalized spacial score (nSPS) is 23.9. The zero-order valence-electron chi connectivity index (χ0n) is 64.4. The molecule has 4 amide bonds. The minimum atomic E-state index is -3.90. The molecule has 0 spiro atoms. The van der Waals surface area contributed by atoms with Crippen LogP contribution >= 0.6 is 46.4 Å². The number of aryl methyl sites for hydroxylation is 2. The summed E-state index contributed by atoms with van der Waals surface area (Å²) in [5, 5.41) is 30.7. The van der Waals surface area contributed by atoms with Crippen molar-refractivity contribution in [3.63, 3.8) is 0 Å². The fourth-order valence-electron chi connectivity index (χ4n) is 15.1. The van der Waals surface area contributed by atoms with E-state index in [1.54, 1.807) is 85.9 Å². The standard InChI is InChI=1S/C76H100Cl4N14O16S2/c1-73(2,3)109-71(97)85-47-17-15-29-91(41-47)61-37-55-57(33-45(77)35-59(55)79)63(61)103-51-19-23-53(24-20-51)111(99,100)83-27-11-13-31-93-43-49(87-89-93)39-81-69(95)67-65(105-75(7,8)107-67)66-68(108-76(9,10)106-66)70(96)82-40-50-44-94(90-88-50)32-14-12-28-84-112(101,102)54-25-21-52(22-26-54)104-64-58-34-46(78)36-60(80)56(58)38-62(64)92-30-16-18-48(42-92)86-72(98)110-74(4,5)6/h19-26,33-36,43-44,47-48,61-68,83-84H,11-18,27-32,37-42H2,1-10H3,(H,81,95)(H,82,96)(H,85,97)(H,86,98)/t47-,48-,61+,62+,63+,64+,65-,66+,67+,68-/m1/s1. The maximum Gasteiger partial charge on any atom is 0.407 e. The highest BCUT2D eigenvalue weighted by molar-refractivity contribution is 7.89. The molecule has 6 aromatic rings. The topological polar surface area (TPSA) is 350 Å². The maximum absolute atomic E-state index is 14.0. The number of aromatic nitrogens is 6. The van der Waals surface area contributed by atoms with Gasteiger partial charge in [-0.05, 0) is 230 Å². The van der Waals surface area contributed by atoms with E-state index in [0.717, 1.165) is 61.0 Å². The van der Waals surface area contributed by atoms with Gasteiger partial charge in [-0.15, -0.1) is 10.2 Å². The van der Waals surface area contributed by atoms with Crippen LogP contribution in [0.5, 0.6) is 11.5 Å². The van der Waals surface area contributed by atoms with Gasteiger partial charge in [-0.3, -0.25) is 28.8 Å². The molecular weight excluding hydrogens is 1570 g/mol. The molecule has 4 fully saturated rings. The number of fused-ring (bicyclic) bond motifs is 2. The molecule has 6 heterocycles. The summed E-state index contributed by atoms with van der Waals surface area (Å²) in [5.41, 5.74) is 3.17. The van der Waals surface area contributed by atoms with Crippen LogP contribution in [0.1, 0.15) is 166 Å². The summed E-state index contributed by atoms with van der Waals surface area (Å²) in [6.07, 6.45) is 3.25. The second-order valence-corrected chi connectivity index (χ2v) is 37.3. The predicted molar refractivity (Wildman–Crippen MR) is 416 cm³/mol. The van der Waals surface area contributed by atoms with Crippen molar-refractivity contribution < 1.29 is 73.9 Å². The number of carbonyl (C=O) groups excluding carboxylic acids is 4. The van der Waals surface area contributed by atoms with Crippen molar-refractivity contribution in [3.8, 4) is 11.5 Å². The van der Waals surface area contributed by atoms with Gasteiger partial charge in [-0.1, -0.05) is 56.8 Å². The number of halogens is 4. The van der Waals surface area contributed by atoms with Gasteiger partial charge in [0.15, 0.2) is 23.8 Å². The lowest BCUT2D eigenvalue weighted by Crippen LogP contribution is -2.53. The molecular formula is C76H100Cl4N14O16S2. The number of amides is 4. The summed E-state index contributed by atoms with van der Waals surface area (Å²) < 4.78 is 112. The number of alkyl carbamates (subject to hydrolysis) is 2. The Bertz CT molecular complexity index is 4300. The Balaban J connectivity index is 0.560. The Morgan fingerprint density at radius 3 is 1.30 bits per heavy atom. The summed E-state index contributed by atoms with van der Waals surface area (Å²) in [7, 11) is -7.80. The number of unbranched alkanes of at least 4 members (excludes halogenated alkanes) is 2. The second-order valence-electron chi connectivity index (χ2n) is 32.1. The zero-order chi connectivity index (χ0) is 80.2. The van der Waals surface area contributed by atoms with Crippen LogP contribution in [0.25, 0.3) is 0 Å². The predicted octanol–water partition coefficient (Wildman–Crippen LogP) is 10.0. The largest absolute Gasteiger partial charge is 0.484 e. The Morgan fingerprint density at radius 2 is 0.929 bits per heavy atom. The van der Waals surface area contributed by atoms with Crippen molar-refractivity contribution in [3.05, 3.63) is 139 Å². The van der Waals surface area contributed by atoms with Crippen LogP contribution in [-0.2, 0) is 97.1 Å². The van der Waals surface area contributed by atoms with E-state index in [1.165, 1.54) is 24.3 Å². The molecule has 12 rings (SSSR count). The molecule has 2 aromatic heterocycles. The maximum atomic E-state index is 14.0. The van der Waals surface area contributed by atoms with E-state index in [2.05, 4.69) is 61.1 Å². The highest BCUT2D eigenvalue weighted by atomic mass is 35.5. The molecule has 112 heavy (non-hydrogen) atoms. The summed E-state index contributed by atoms with van der Waals surface area (Å²) in [5.74, 6) is -2.71. The van der Waals surface area contributed by atoms with E-state index in [9.17, 15) is 36.0 Å². The number of ether oxygens (including phenoxy) is 8. The highest BCUT2D eigenvalue weighted by Gasteiger charge is 2.58. The fraction of sp³-hybridized carbons (Fsp3) is 0.579. The first kappa shape index (κ1) is 84.4. The fourth-order valence-corrected chi connectivity index (χ4v) is 18.4. The molecule has 0 radical (unpaired) electrons. The SMILES string of the molecule is CC(C)(C)OC(=O)N[C@@H]1CCCN([C@H]2Cc3c(Cl)cc(Cl)cc3[C@@H]2Oc2ccc(S(=O)(=O)NCCCCn3cc(CNC(=O)[C@H]4OC(C)(C)O[C@@H]4[C@@H]4OC(C)(C)O[C@H]4C(=O)NCc4cn(CCCCNS(=O)(=O)c5ccc(O[C@H]6c7cc(Cl)cc(Cl)c7C[C@@H]6N6CCC[C@@H](NC(=O)OC(C)(C)C)C6)cc5)nn4)nn3)cc2)C1. The molecule has 2 aliphatic carbocycles. The first-order chi connectivity index (χ1) is 52.9. The number of rotatable bonds is 29. The zero-order valence-corrected chi connectivity index (χ0v) is 69.1. The van der Waals surface area contributed by atoms with Crippen molar-refractivity contribution in [2.24, 2.45) is 0 Å². The van der Waals surface area contributed by atoms with Crippen molar-refractivity contribution in [1.82, 2.24) is 70.5 Å². The Labute approximate surface area is 673 Å². The lowest BCUT2D eigenvalue weighted by molar-refractivity contribution is -0.175. The third-order valence-corrected chi connectivity index (χ3v) is 24.0. The smallest absolute Gasteiger partial charge is 0.407 e. The number of nitrogens with one attached hydrogen (secondary N) is 6. The number of sulfonamides is 2. The Hall–Kier alpha value is -7.02. The van der Waals surface area contributed by atoms with Gasteiger partial charge in [-0.2, -0.15) is 0 Å². The molecule has 30 nitrogen and oxygen atoms in total. The summed E-state index contributed by atoms with van der Waals surface area (Å²) in [4.78, 5) is 58.2. The van der Waals surface area contributed by atoms with Crippen LogP contribution in [0.15, 0.2) is 95.0 Å². The third-order valence-electron chi connectivity index (χ3n) is 20.0. The Morgan fingerprint density at radius 1 is 0.545 bits per heavy atom. The molecule has 4 aromatic carbocycles. The van der Waals surface area contributed by atoms with Gasteiger partial charge in [-0.25, -0.2) is 35.9 Å². The molecule has 0 bridgehead atoms. The number of carbonyl (C=O) groups is 4. The number of hydrogen-bond acceptors (Lipinski definition) is 22. The van der Waals surface area contributed by atoms with Crippen LogP contribution in [0, 0.1) is 0 Å². The number of hydrogen-bond donors (Lipinski definition) is 6. The first-order valence-corrected chi connectivity index (χ1v) is 42.4. The molecule has 4 saturated heterocycles. The molecule has 0 unspecified atom stereocenters. The molecule has 4 aliphatic heterocycles. The molecule has 36 heteroatoms. The van der Waals surface area contributed by atoms with E-state index in [-0.39, 0.29) is 60.1 Å². The minimum absolute atomic E-state index is 0.0290. The molecule has 6 aliphatic rings. The van der Waals surface area contributed by atoms with Crippen LogP contribution < -0.4 is 40.2 Å². The number of nitrogens with zero attached hydrogens (tertiary/aromatic N) is 8. The van der Waals surface area contributed by atoms with E-state index in [1.807, 2.05) is 53.7 Å². The lowest BCUT2D eigenvalue weighted by Gasteiger charge is -2.39. The van der Waals surface area contributed by atoms with Gasteiger partial charge in [0.25, 0.3) is 11.8 Å². The number of piperidine rings is 2. The van der Waals surface area contributed by atoms with Crippen LogP contribution in [0.3, 0.4) is 0 Å². The van der Waals surface area contributed by atoms with Crippen molar-refractivity contribution >= 4 is 90.5 Å².